The third-order valence-electron chi connectivity index (χ3n) is 7.14. The molecule has 178 valence electrons. The number of aromatic amines is 1. The van der Waals surface area contributed by atoms with Crippen LogP contribution in [0.4, 0.5) is 5.69 Å². The highest BCUT2D eigenvalue weighted by Crippen LogP contribution is 2.39. The standard InChI is InChI=1S/C29H36N4O/c34-29(27-20-26(30-31-27)24-16-17-24)33-19-11-4-2-1-3-10-18-32(21-23-12-6-5-7-13-23)28-15-9-8-14-25(28)22-33/h5-9,12-15,20,24H,1-4,10-11,16-19,21-22H2,(H,30,31). The number of amides is 1. The van der Waals surface area contributed by atoms with Crippen molar-refractivity contribution in [3.05, 3.63) is 83.2 Å². The monoisotopic (exact) mass is 456 g/mol. The van der Waals surface area contributed by atoms with E-state index in [0.717, 1.165) is 31.7 Å². The highest BCUT2D eigenvalue weighted by molar-refractivity contribution is 5.92. The fourth-order valence-electron chi connectivity index (χ4n) is 5.02. The van der Waals surface area contributed by atoms with E-state index in [0.29, 0.717) is 18.2 Å². The Morgan fingerprint density at radius 3 is 2.38 bits per heavy atom. The van der Waals surface area contributed by atoms with Crippen LogP contribution in [0.2, 0.25) is 0 Å². The van der Waals surface area contributed by atoms with Gasteiger partial charge < -0.3 is 9.80 Å². The number of nitrogens with zero attached hydrogens (tertiary/aromatic N) is 3. The number of hydrogen-bond donors (Lipinski definition) is 1. The summed E-state index contributed by atoms with van der Waals surface area (Å²) < 4.78 is 0. The third-order valence-corrected chi connectivity index (χ3v) is 7.14. The van der Waals surface area contributed by atoms with Gasteiger partial charge >= 0.3 is 0 Å². The van der Waals surface area contributed by atoms with Crippen LogP contribution in [0.15, 0.2) is 60.7 Å². The Kier molecular flexibility index (Phi) is 7.28. The molecule has 3 aromatic rings. The first-order valence-corrected chi connectivity index (χ1v) is 13.0. The van der Waals surface area contributed by atoms with Crippen LogP contribution in [0.25, 0.3) is 0 Å². The molecule has 1 aromatic heterocycles. The van der Waals surface area contributed by atoms with E-state index in [1.807, 2.05) is 11.0 Å². The van der Waals surface area contributed by atoms with Crippen molar-refractivity contribution >= 4 is 11.6 Å². The SMILES string of the molecule is O=C(c1cc(C2CC2)[nH]n1)N1CCCCCCCCN(Cc2ccccc2)c2ccccc2C1. The van der Waals surface area contributed by atoms with Gasteiger partial charge in [0.1, 0.15) is 5.69 Å². The molecule has 0 radical (unpaired) electrons. The molecule has 5 rings (SSSR count). The summed E-state index contributed by atoms with van der Waals surface area (Å²) in [6.07, 6.45) is 9.57. The van der Waals surface area contributed by atoms with E-state index < -0.39 is 0 Å². The maximum atomic E-state index is 13.6. The average molecular weight is 457 g/mol. The number of anilines is 1. The van der Waals surface area contributed by atoms with Gasteiger partial charge in [0, 0.05) is 43.5 Å². The highest BCUT2D eigenvalue weighted by atomic mass is 16.2. The number of H-pyrrole nitrogens is 1. The van der Waals surface area contributed by atoms with Crippen molar-refractivity contribution < 1.29 is 4.79 Å². The molecule has 0 atom stereocenters. The minimum atomic E-state index is 0.0439. The van der Waals surface area contributed by atoms with Crippen molar-refractivity contribution in [2.75, 3.05) is 18.0 Å². The predicted molar refractivity (Wildman–Crippen MR) is 137 cm³/mol. The second-order valence-electron chi connectivity index (χ2n) is 9.87. The van der Waals surface area contributed by atoms with Crippen LogP contribution in [0.3, 0.4) is 0 Å². The first-order valence-electron chi connectivity index (χ1n) is 13.0. The van der Waals surface area contributed by atoms with Gasteiger partial charge in [0.15, 0.2) is 0 Å². The fraction of sp³-hybridized carbons (Fsp3) is 0.448. The number of carbonyl (C=O) groups is 1. The van der Waals surface area contributed by atoms with E-state index in [-0.39, 0.29) is 5.91 Å². The molecule has 1 saturated carbocycles. The van der Waals surface area contributed by atoms with Gasteiger partial charge in [-0.2, -0.15) is 5.10 Å². The number of benzene rings is 2. The molecule has 5 nitrogen and oxygen atoms in total. The van der Waals surface area contributed by atoms with Crippen molar-refractivity contribution in [2.45, 2.75) is 70.4 Å². The molecular formula is C29H36N4O. The maximum Gasteiger partial charge on any atom is 0.274 e. The molecule has 2 aliphatic rings. The fourth-order valence-corrected chi connectivity index (χ4v) is 5.02. The van der Waals surface area contributed by atoms with Gasteiger partial charge in [-0.1, -0.05) is 74.2 Å². The van der Waals surface area contributed by atoms with Gasteiger partial charge in [0.05, 0.1) is 0 Å². The van der Waals surface area contributed by atoms with Crippen LogP contribution in [0, 0.1) is 0 Å². The summed E-state index contributed by atoms with van der Waals surface area (Å²) in [6.45, 7) is 3.31. The van der Waals surface area contributed by atoms with Crippen molar-refractivity contribution in [2.24, 2.45) is 0 Å². The number of carbonyl (C=O) groups excluding carboxylic acids is 1. The van der Waals surface area contributed by atoms with Gasteiger partial charge in [-0.25, -0.2) is 0 Å². The van der Waals surface area contributed by atoms with Crippen LogP contribution in [0.1, 0.15) is 84.6 Å². The Morgan fingerprint density at radius 2 is 1.59 bits per heavy atom. The third kappa shape index (κ3) is 5.69. The number of fused-ring (bicyclic) bond motifs is 1. The van der Waals surface area contributed by atoms with Gasteiger partial charge in [-0.05, 0) is 48.9 Å². The van der Waals surface area contributed by atoms with Gasteiger partial charge in [0.25, 0.3) is 5.91 Å². The molecule has 1 aliphatic heterocycles. The molecule has 0 spiro atoms. The van der Waals surface area contributed by atoms with E-state index in [4.69, 9.17) is 0 Å². The summed E-state index contributed by atoms with van der Waals surface area (Å²) in [6, 6.07) is 21.3. The van der Waals surface area contributed by atoms with Crippen molar-refractivity contribution in [3.8, 4) is 0 Å². The Bertz CT molecular complexity index is 1070. The minimum Gasteiger partial charge on any atom is -0.367 e. The lowest BCUT2D eigenvalue weighted by Gasteiger charge is -2.29. The van der Waals surface area contributed by atoms with Crippen LogP contribution in [-0.2, 0) is 13.1 Å². The Morgan fingerprint density at radius 1 is 0.882 bits per heavy atom. The molecule has 1 fully saturated rings. The average Bonchev–Trinajstić information content (AvgIpc) is 3.60. The van der Waals surface area contributed by atoms with Crippen LogP contribution >= 0.6 is 0 Å². The molecule has 0 saturated heterocycles. The summed E-state index contributed by atoms with van der Waals surface area (Å²) in [5.41, 5.74) is 5.44. The van der Waals surface area contributed by atoms with Gasteiger partial charge in [-0.15, -0.1) is 0 Å². The normalized spacial score (nSPS) is 17.9. The Labute approximate surface area is 203 Å². The largest absolute Gasteiger partial charge is 0.367 e. The number of rotatable bonds is 4. The van der Waals surface area contributed by atoms with Crippen LogP contribution < -0.4 is 4.90 Å². The summed E-state index contributed by atoms with van der Waals surface area (Å²) in [4.78, 5) is 18.1. The molecule has 2 aromatic carbocycles. The van der Waals surface area contributed by atoms with E-state index in [2.05, 4.69) is 69.7 Å². The van der Waals surface area contributed by atoms with E-state index >= 15 is 0 Å². The molecule has 1 amide bonds. The maximum absolute atomic E-state index is 13.6. The lowest BCUT2D eigenvalue weighted by Crippen LogP contribution is -2.33. The van der Waals surface area contributed by atoms with Gasteiger partial charge in [-0.3, -0.25) is 9.89 Å². The predicted octanol–water partition coefficient (Wildman–Crippen LogP) is 6.29. The lowest BCUT2D eigenvalue weighted by atomic mass is 10.1. The lowest BCUT2D eigenvalue weighted by molar-refractivity contribution is 0.0734. The molecule has 5 heteroatoms. The Hall–Kier alpha value is -3.08. The van der Waals surface area contributed by atoms with E-state index in [9.17, 15) is 4.79 Å². The minimum absolute atomic E-state index is 0.0439. The first kappa shape index (κ1) is 22.7. The second-order valence-corrected chi connectivity index (χ2v) is 9.87. The van der Waals surface area contributed by atoms with Gasteiger partial charge in [0.2, 0.25) is 0 Å². The quantitative estimate of drug-likeness (QED) is 0.502. The zero-order chi connectivity index (χ0) is 23.2. The van der Waals surface area contributed by atoms with Crippen molar-refractivity contribution in [1.82, 2.24) is 15.1 Å². The van der Waals surface area contributed by atoms with Crippen molar-refractivity contribution in [3.63, 3.8) is 0 Å². The number of aromatic nitrogens is 2. The topological polar surface area (TPSA) is 52.2 Å². The van der Waals surface area contributed by atoms with Crippen LogP contribution in [0.5, 0.6) is 0 Å². The molecule has 1 aliphatic carbocycles. The van der Waals surface area contributed by atoms with Crippen molar-refractivity contribution in [1.29, 1.82) is 0 Å². The molecule has 1 N–H and O–H groups in total. The summed E-state index contributed by atoms with van der Waals surface area (Å²) in [5, 5.41) is 7.51. The number of hydrogen-bond acceptors (Lipinski definition) is 3. The Balaban J connectivity index is 1.42. The summed E-state index contributed by atoms with van der Waals surface area (Å²) in [5.74, 6) is 0.610. The molecule has 0 unspecified atom stereocenters. The molecular weight excluding hydrogens is 420 g/mol. The number of para-hydroxylation sites is 1. The second kappa shape index (κ2) is 10.9. The molecule has 2 heterocycles. The zero-order valence-corrected chi connectivity index (χ0v) is 20.1. The smallest absolute Gasteiger partial charge is 0.274 e. The highest BCUT2D eigenvalue weighted by Gasteiger charge is 2.28. The molecule has 34 heavy (non-hydrogen) atoms. The van der Waals surface area contributed by atoms with E-state index in [1.165, 1.54) is 61.8 Å². The summed E-state index contributed by atoms with van der Waals surface area (Å²) in [7, 11) is 0. The summed E-state index contributed by atoms with van der Waals surface area (Å²) >= 11 is 0. The first-order chi connectivity index (χ1) is 16.8. The molecule has 0 bridgehead atoms. The zero-order valence-electron chi connectivity index (χ0n) is 20.1. The number of nitrogens with one attached hydrogen (secondary N) is 1. The van der Waals surface area contributed by atoms with E-state index in [1.54, 1.807) is 0 Å². The van der Waals surface area contributed by atoms with Crippen LogP contribution in [-0.4, -0.2) is 34.1 Å².